The normalized spacial score (nSPS) is 10.5. The third-order valence-corrected chi connectivity index (χ3v) is 5.17. The molecule has 0 unspecified atom stereocenters. The number of nitrogens with zero attached hydrogens (tertiary/aromatic N) is 1. The molecule has 3 aromatic rings. The Hall–Kier alpha value is -4.66. The highest BCUT2D eigenvalue weighted by molar-refractivity contribution is 6.39. The topological polar surface area (TPSA) is 118 Å². The summed E-state index contributed by atoms with van der Waals surface area (Å²) in [5.41, 5.74) is 5.86. The van der Waals surface area contributed by atoms with E-state index in [4.69, 9.17) is 9.47 Å². The molecule has 0 aliphatic rings. The summed E-state index contributed by atoms with van der Waals surface area (Å²) in [6.07, 6.45) is 1.33. The van der Waals surface area contributed by atoms with E-state index in [9.17, 15) is 14.4 Å². The van der Waals surface area contributed by atoms with Crippen molar-refractivity contribution in [3.63, 3.8) is 0 Å². The number of para-hydroxylation sites is 3. The van der Waals surface area contributed by atoms with Gasteiger partial charge in [-0.3, -0.25) is 14.4 Å². The molecule has 0 saturated carbocycles. The van der Waals surface area contributed by atoms with Gasteiger partial charge in [0.05, 0.1) is 18.5 Å². The van der Waals surface area contributed by atoms with Crippen LogP contribution in [-0.2, 0) is 14.4 Å². The number of aryl methyl sites for hydroxylation is 1. The first-order valence-corrected chi connectivity index (χ1v) is 11.3. The van der Waals surface area contributed by atoms with Gasteiger partial charge in [0.25, 0.3) is 5.91 Å². The number of ether oxygens (including phenoxy) is 2. The predicted octanol–water partition coefficient (Wildman–Crippen LogP) is 3.81. The van der Waals surface area contributed by atoms with Gasteiger partial charge in [0.15, 0.2) is 6.61 Å². The summed E-state index contributed by atoms with van der Waals surface area (Å²) in [6, 6.07) is 19.3. The van der Waals surface area contributed by atoms with Crippen LogP contribution in [0, 0.1) is 13.8 Å². The first-order chi connectivity index (χ1) is 17.4. The van der Waals surface area contributed by atoms with Crippen LogP contribution in [0.5, 0.6) is 11.5 Å². The van der Waals surface area contributed by atoms with Gasteiger partial charge >= 0.3 is 11.8 Å². The van der Waals surface area contributed by atoms with Gasteiger partial charge in [-0.1, -0.05) is 36.4 Å². The maximum atomic E-state index is 12.4. The lowest BCUT2D eigenvalue weighted by atomic mass is 10.1. The predicted molar refractivity (Wildman–Crippen MR) is 138 cm³/mol. The van der Waals surface area contributed by atoms with Crippen LogP contribution in [0.15, 0.2) is 71.8 Å². The largest absolute Gasteiger partial charge is 0.492 e. The van der Waals surface area contributed by atoms with Gasteiger partial charge < -0.3 is 20.1 Å². The van der Waals surface area contributed by atoms with Crippen LogP contribution in [0.2, 0.25) is 0 Å². The quantitative estimate of drug-likeness (QED) is 0.241. The number of carbonyl (C=O) groups excluding carboxylic acids is 3. The highest BCUT2D eigenvalue weighted by Crippen LogP contribution is 2.23. The third-order valence-electron chi connectivity index (χ3n) is 5.17. The van der Waals surface area contributed by atoms with Crippen molar-refractivity contribution in [2.75, 3.05) is 23.8 Å². The molecule has 0 aliphatic carbocycles. The monoisotopic (exact) mass is 488 g/mol. The van der Waals surface area contributed by atoms with Gasteiger partial charge in [0, 0.05) is 11.3 Å². The number of amides is 3. The lowest BCUT2D eigenvalue weighted by Gasteiger charge is -2.12. The number of benzene rings is 3. The summed E-state index contributed by atoms with van der Waals surface area (Å²) in [6.45, 7) is 5.92. The molecular weight excluding hydrogens is 460 g/mol. The number of anilines is 2. The number of hydrazone groups is 1. The molecule has 0 heterocycles. The van der Waals surface area contributed by atoms with Crippen LogP contribution in [0.4, 0.5) is 11.4 Å². The van der Waals surface area contributed by atoms with Crippen molar-refractivity contribution in [1.82, 2.24) is 5.43 Å². The molecule has 0 aliphatic heterocycles. The minimum Gasteiger partial charge on any atom is -0.492 e. The van der Waals surface area contributed by atoms with E-state index in [1.165, 1.54) is 6.21 Å². The van der Waals surface area contributed by atoms with Gasteiger partial charge in [0.2, 0.25) is 0 Å². The van der Waals surface area contributed by atoms with E-state index in [1.54, 1.807) is 48.5 Å². The number of carbonyl (C=O) groups is 3. The second-order valence-electron chi connectivity index (χ2n) is 7.70. The van der Waals surface area contributed by atoms with Crippen molar-refractivity contribution in [3.05, 3.63) is 83.4 Å². The number of hydrogen-bond acceptors (Lipinski definition) is 6. The fourth-order valence-corrected chi connectivity index (χ4v) is 3.18. The van der Waals surface area contributed by atoms with Gasteiger partial charge in [-0.05, 0) is 62.2 Å². The third kappa shape index (κ3) is 7.17. The Bertz CT molecular complexity index is 1270. The Morgan fingerprint density at radius 3 is 2.28 bits per heavy atom. The molecule has 3 aromatic carbocycles. The van der Waals surface area contributed by atoms with E-state index in [0.29, 0.717) is 29.4 Å². The molecule has 3 rings (SSSR count). The van der Waals surface area contributed by atoms with E-state index in [1.807, 2.05) is 39.0 Å². The average molecular weight is 489 g/mol. The van der Waals surface area contributed by atoms with E-state index in [2.05, 4.69) is 21.2 Å². The first kappa shape index (κ1) is 26.0. The molecular formula is C27H28N4O5. The number of hydrogen-bond donors (Lipinski definition) is 3. The van der Waals surface area contributed by atoms with Crippen molar-refractivity contribution < 1.29 is 23.9 Å². The van der Waals surface area contributed by atoms with Crippen LogP contribution in [0.3, 0.4) is 0 Å². The van der Waals surface area contributed by atoms with Crippen molar-refractivity contribution in [1.29, 1.82) is 0 Å². The highest BCUT2D eigenvalue weighted by Gasteiger charge is 2.15. The molecule has 0 aromatic heterocycles. The Balaban J connectivity index is 1.56. The number of rotatable bonds is 9. The summed E-state index contributed by atoms with van der Waals surface area (Å²) in [5.74, 6) is -1.32. The van der Waals surface area contributed by atoms with Gasteiger partial charge in [-0.2, -0.15) is 5.10 Å². The van der Waals surface area contributed by atoms with Crippen molar-refractivity contribution >= 4 is 35.3 Å². The minimum atomic E-state index is -0.955. The van der Waals surface area contributed by atoms with Gasteiger partial charge in [0.1, 0.15) is 11.5 Å². The standard InChI is InChI=1S/C27H28N4O5/c1-4-35-24-15-8-6-12-22(24)30-26(33)27(34)31-28-16-20-11-5-7-14-23(20)36-17-25(32)29-21-13-9-10-18(2)19(21)3/h5-16H,4,17H2,1-3H3,(H,29,32)(H,30,33)(H,31,34)/b28-16-. The minimum absolute atomic E-state index is 0.216. The molecule has 9 nitrogen and oxygen atoms in total. The molecule has 0 fully saturated rings. The summed E-state index contributed by atoms with van der Waals surface area (Å²) >= 11 is 0. The second-order valence-corrected chi connectivity index (χ2v) is 7.70. The maximum Gasteiger partial charge on any atom is 0.329 e. The van der Waals surface area contributed by atoms with Crippen LogP contribution in [-0.4, -0.2) is 37.1 Å². The van der Waals surface area contributed by atoms with Crippen molar-refractivity contribution in [2.24, 2.45) is 5.10 Å². The molecule has 186 valence electrons. The Kier molecular flexibility index (Phi) is 9.16. The highest BCUT2D eigenvalue weighted by atomic mass is 16.5. The molecule has 0 atom stereocenters. The van der Waals surface area contributed by atoms with Crippen molar-refractivity contribution in [3.8, 4) is 11.5 Å². The Morgan fingerprint density at radius 1 is 0.806 bits per heavy atom. The smallest absolute Gasteiger partial charge is 0.329 e. The fraction of sp³-hybridized carbons (Fsp3) is 0.185. The lowest BCUT2D eigenvalue weighted by molar-refractivity contribution is -0.136. The Labute approximate surface area is 209 Å². The van der Waals surface area contributed by atoms with Crippen LogP contribution in [0.25, 0.3) is 0 Å². The van der Waals surface area contributed by atoms with Gasteiger partial charge in [-0.15, -0.1) is 0 Å². The second kappa shape index (κ2) is 12.7. The van der Waals surface area contributed by atoms with E-state index >= 15 is 0 Å². The molecule has 0 radical (unpaired) electrons. The fourth-order valence-electron chi connectivity index (χ4n) is 3.18. The summed E-state index contributed by atoms with van der Waals surface area (Å²) in [7, 11) is 0. The SMILES string of the molecule is CCOc1ccccc1NC(=O)C(=O)N/N=C\c1ccccc1OCC(=O)Nc1cccc(C)c1C. The molecule has 0 bridgehead atoms. The zero-order valence-corrected chi connectivity index (χ0v) is 20.3. The Morgan fingerprint density at radius 2 is 1.50 bits per heavy atom. The van der Waals surface area contributed by atoms with E-state index < -0.39 is 11.8 Å². The molecule has 36 heavy (non-hydrogen) atoms. The zero-order chi connectivity index (χ0) is 25.9. The molecule has 3 N–H and O–H groups in total. The van der Waals surface area contributed by atoms with Crippen LogP contribution < -0.4 is 25.5 Å². The van der Waals surface area contributed by atoms with E-state index in [-0.39, 0.29) is 12.5 Å². The lowest BCUT2D eigenvalue weighted by Crippen LogP contribution is -2.32. The average Bonchev–Trinajstić information content (AvgIpc) is 2.87. The van der Waals surface area contributed by atoms with Crippen LogP contribution >= 0.6 is 0 Å². The molecule has 0 spiro atoms. The first-order valence-electron chi connectivity index (χ1n) is 11.3. The molecule has 0 saturated heterocycles. The maximum absolute atomic E-state index is 12.4. The van der Waals surface area contributed by atoms with Crippen LogP contribution in [0.1, 0.15) is 23.6 Å². The molecule has 3 amide bonds. The summed E-state index contributed by atoms with van der Waals surface area (Å²) in [4.78, 5) is 36.8. The summed E-state index contributed by atoms with van der Waals surface area (Å²) in [5, 5.41) is 9.17. The molecule has 9 heteroatoms. The van der Waals surface area contributed by atoms with Gasteiger partial charge in [-0.25, -0.2) is 5.43 Å². The number of nitrogens with one attached hydrogen (secondary N) is 3. The zero-order valence-electron chi connectivity index (χ0n) is 20.3. The summed E-state index contributed by atoms with van der Waals surface area (Å²) < 4.78 is 11.1. The van der Waals surface area contributed by atoms with Crippen molar-refractivity contribution in [2.45, 2.75) is 20.8 Å². The van der Waals surface area contributed by atoms with E-state index in [0.717, 1.165) is 16.8 Å².